The van der Waals surface area contributed by atoms with Crippen LogP contribution in [0.5, 0.6) is 11.5 Å². The van der Waals surface area contributed by atoms with Crippen LogP contribution in [0.1, 0.15) is 5.56 Å². The molecule has 0 saturated heterocycles. The molecule has 0 spiro atoms. The number of hydrogen-bond donors (Lipinski definition) is 0. The van der Waals surface area contributed by atoms with E-state index in [1.807, 2.05) is 0 Å². The predicted molar refractivity (Wildman–Crippen MR) is 60.1 cm³/mol. The molecule has 2 heterocycles. The fourth-order valence-corrected chi connectivity index (χ4v) is 1.60. The number of fused-ring (bicyclic) bond motifs is 1. The third kappa shape index (κ3) is 1.87. The number of ether oxygens (including phenoxy) is 2. The fourth-order valence-electron chi connectivity index (χ4n) is 1.60. The Morgan fingerprint density at radius 3 is 3.06 bits per heavy atom. The first-order chi connectivity index (χ1) is 8.33. The van der Waals surface area contributed by atoms with E-state index in [2.05, 4.69) is 4.98 Å². The molecule has 0 aliphatic carbocycles. The Labute approximate surface area is 96.9 Å². The molecular weight excluding hydrogens is 223 g/mol. The highest BCUT2D eigenvalue weighted by atomic mass is 19.1. The molecule has 2 aromatic rings. The SMILES string of the molecule is F/C(=C/c1ccc2c(c1)OCO2)n1ccnc1. The van der Waals surface area contributed by atoms with Gasteiger partial charge in [-0.1, -0.05) is 6.07 Å². The second-order valence-corrected chi connectivity index (χ2v) is 3.55. The number of benzene rings is 1. The lowest BCUT2D eigenvalue weighted by Crippen LogP contribution is -1.92. The molecule has 4 nitrogen and oxygen atoms in total. The Bertz CT molecular complexity index is 564. The van der Waals surface area contributed by atoms with Gasteiger partial charge in [0, 0.05) is 12.4 Å². The summed E-state index contributed by atoms with van der Waals surface area (Å²) in [6.07, 6.45) is 5.87. The Hall–Kier alpha value is -2.30. The molecular formula is C12H9FN2O2. The molecule has 0 radical (unpaired) electrons. The molecule has 0 N–H and O–H groups in total. The van der Waals surface area contributed by atoms with Crippen LogP contribution < -0.4 is 9.47 Å². The third-order valence-electron chi connectivity index (χ3n) is 2.43. The van der Waals surface area contributed by atoms with E-state index in [0.29, 0.717) is 17.1 Å². The number of hydrogen-bond acceptors (Lipinski definition) is 3. The maximum absolute atomic E-state index is 13.7. The number of halogens is 1. The summed E-state index contributed by atoms with van der Waals surface area (Å²) < 4.78 is 25.4. The Morgan fingerprint density at radius 2 is 2.24 bits per heavy atom. The predicted octanol–water partition coefficient (Wildman–Crippen LogP) is 2.54. The van der Waals surface area contributed by atoms with E-state index in [1.54, 1.807) is 24.4 Å². The van der Waals surface area contributed by atoms with Gasteiger partial charge in [0.1, 0.15) is 6.33 Å². The number of nitrogens with zero attached hydrogens (tertiary/aromatic N) is 2. The Kier molecular flexibility index (Phi) is 2.29. The molecule has 0 atom stereocenters. The normalized spacial score (nSPS) is 14.1. The van der Waals surface area contributed by atoms with E-state index < -0.39 is 5.95 Å². The molecule has 0 amide bonds. The highest BCUT2D eigenvalue weighted by Gasteiger charge is 2.12. The molecule has 1 aliphatic heterocycles. The van der Waals surface area contributed by atoms with Crippen molar-refractivity contribution < 1.29 is 13.9 Å². The first-order valence-electron chi connectivity index (χ1n) is 5.08. The van der Waals surface area contributed by atoms with E-state index in [-0.39, 0.29) is 6.79 Å². The zero-order valence-corrected chi connectivity index (χ0v) is 8.84. The maximum Gasteiger partial charge on any atom is 0.231 e. The van der Waals surface area contributed by atoms with Crippen LogP contribution in [0, 0.1) is 0 Å². The van der Waals surface area contributed by atoms with Crippen LogP contribution in [0.25, 0.3) is 12.0 Å². The molecule has 3 rings (SSSR count). The van der Waals surface area contributed by atoms with Crippen molar-refractivity contribution in [3.63, 3.8) is 0 Å². The molecule has 1 aromatic carbocycles. The van der Waals surface area contributed by atoms with Gasteiger partial charge < -0.3 is 9.47 Å². The molecule has 0 bridgehead atoms. The van der Waals surface area contributed by atoms with Crippen LogP contribution in [-0.2, 0) is 0 Å². The van der Waals surface area contributed by atoms with Gasteiger partial charge in [-0.2, -0.15) is 4.39 Å². The quantitative estimate of drug-likeness (QED) is 0.798. The maximum atomic E-state index is 13.7. The minimum absolute atomic E-state index is 0.215. The van der Waals surface area contributed by atoms with Gasteiger partial charge in [-0.15, -0.1) is 0 Å². The molecule has 0 unspecified atom stereocenters. The molecule has 0 saturated carbocycles. The summed E-state index contributed by atoms with van der Waals surface area (Å²) in [5.41, 5.74) is 0.709. The van der Waals surface area contributed by atoms with E-state index in [4.69, 9.17) is 9.47 Å². The van der Waals surface area contributed by atoms with Crippen LogP contribution in [0.3, 0.4) is 0 Å². The second kappa shape index (κ2) is 3.93. The topological polar surface area (TPSA) is 36.3 Å². The van der Waals surface area contributed by atoms with Crippen molar-refractivity contribution in [2.24, 2.45) is 0 Å². The van der Waals surface area contributed by atoms with Crippen molar-refractivity contribution in [1.29, 1.82) is 0 Å². The van der Waals surface area contributed by atoms with Crippen molar-refractivity contribution in [2.75, 3.05) is 6.79 Å². The largest absolute Gasteiger partial charge is 0.454 e. The Balaban J connectivity index is 1.93. The van der Waals surface area contributed by atoms with Crippen molar-refractivity contribution in [2.45, 2.75) is 0 Å². The molecule has 0 fully saturated rings. The number of aromatic nitrogens is 2. The standard InChI is InChI=1S/C12H9FN2O2/c13-12(15-4-3-14-7-15)6-9-1-2-10-11(5-9)17-8-16-10/h1-7H,8H2/b12-6-. The van der Waals surface area contributed by atoms with Gasteiger partial charge in [0.25, 0.3) is 0 Å². The molecule has 1 aromatic heterocycles. The summed E-state index contributed by atoms with van der Waals surface area (Å²) in [5, 5.41) is 0. The van der Waals surface area contributed by atoms with Crippen LogP contribution in [0.4, 0.5) is 4.39 Å². The van der Waals surface area contributed by atoms with Gasteiger partial charge in [-0.3, -0.25) is 4.57 Å². The van der Waals surface area contributed by atoms with Gasteiger partial charge >= 0.3 is 0 Å². The van der Waals surface area contributed by atoms with Crippen molar-refractivity contribution >= 4 is 12.0 Å². The zero-order chi connectivity index (χ0) is 11.7. The smallest absolute Gasteiger partial charge is 0.231 e. The lowest BCUT2D eigenvalue weighted by molar-refractivity contribution is 0.174. The summed E-state index contributed by atoms with van der Waals surface area (Å²) in [6, 6.07) is 5.26. The molecule has 1 aliphatic rings. The van der Waals surface area contributed by atoms with Gasteiger partial charge in [0.15, 0.2) is 17.4 Å². The summed E-state index contributed by atoms with van der Waals surface area (Å²) in [6.45, 7) is 0.215. The first-order valence-corrected chi connectivity index (χ1v) is 5.08. The Morgan fingerprint density at radius 1 is 1.35 bits per heavy atom. The van der Waals surface area contributed by atoms with Gasteiger partial charge in [-0.05, 0) is 23.8 Å². The first kappa shape index (κ1) is 9.89. The van der Waals surface area contributed by atoms with Gasteiger partial charge in [-0.25, -0.2) is 4.98 Å². The van der Waals surface area contributed by atoms with E-state index in [9.17, 15) is 4.39 Å². The van der Waals surface area contributed by atoms with E-state index in [1.165, 1.54) is 23.2 Å². The highest BCUT2D eigenvalue weighted by molar-refractivity contribution is 5.68. The average molecular weight is 232 g/mol. The molecule has 5 heteroatoms. The third-order valence-corrected chi connectivity index (χ3v) is 2.43. The monoisotopic (exact) mass is 232 g/mol. The van der Waals surface area contributed by atoms with Crippen molar-refractivity contribution in [3.8, 4) is 11.5 Å². The second-order valence-electron chi connectivity index (χ2n) is 3.55. The molecule has 86 valence electrons. The van der Waals surface area contributed by atoms with Crippen LogP contribution in [0.2, 0.25) is 0 Å². The van der Waals surface area contributed by atoms with Gasteiger partial charge in [0.05, 0.1) is 0 Å². The number of imidazole rings is 1. The summed E-state index contributed by atoms with van der Waals surface area (Å²) in [5.74, 6) is 0.920. The van der Waals surface area contributed by atoms with E-state index in [0.717, 1.165) is 0 Å². The fraction of sp³-hybridized carbons (Fsp3) is 0.0833. The average Bonchev–Trinajstić information content (AvgIpc) is 2.99. The van der Waals surface area contributed by atoms with E-state index >= 15 is 0 Å². The van der Waals surface area contributed by atoms with Crippen LogP contribution in [0.15, 0.2) is 36.9 Å². The lowest BCUT2D eigenvalue weighted by atomic mass is 10.2. The van der Waals surface area contributed by atoms with Crippen LogP contribution >= 0.6 is 0 Å². The van der Waals surface area contributed by atoms with Gasteiger partial charge in [0.2, 0.25) is 6.79 Å². The highest BCUT2D eigenvalue weighted by Crippen LogP contribution is 2.33. The van der Waals surface area contributed by atoms with Crippen molar-refractivity contribution in [3.05, 3.63) is 42.5 Å². The summed E-state index contributed by atoms with van der Waals surface area (Å²) in [4.78, 5) is 3.78. The minimum Gasteiger partial charge on any atom is -0.454 e. The molecule has 17 heavy (non-hydrogen) atoms. The summed E-state index contributed by atoms with van der Waals surface area (Å²) >= 11 is 0. The van der Waals surface area contributed by atoms with Crippen molar-refractivity contribution in [1.82, 2.24) is 9.55 Å². The zero-order valence-electron chi connectivity index (χ0n) is 8.84. The van der Waals surface area contributed by atoms with Crippen LogP contribution in [-0.4, -0.2) is 16.3 Å². The summed E-state index contributed by atoms with van der Waals surface area (Å²) in [7, 11) is 0. The minimum atomic E-state index is -0.402. The lowest BCUT2D eigenvalue weighted by Gasteiger charge is -2.00. The number of rotatable bonds is 2.